The Bertz CT molecular complexity index is 500. The third kappa shape index (κ3) is 3.17. The summed E-state index contributed by atoms with van der Waals surface area (Å²) in [6, 6.07) is -0.203. The fraction of sp³-hybridized carbons (Fsp3) is 0.643. The molecule has 1 aromatic rings. The second-order valence-corrected chi connectivity index (χ2v) is 5.81. The van der Waals surface area contributed by atoms with E-state index in [4.69, 9.17) is 0 Å². The standard InChI is InChI=1S/C14H22N4O3/c1-10(2)14(12(19)20)4-8-18(9-14)13(21)17-5-3-11-15-6-7-16-11/h6-7,10H,3-5,8-9H2,1-2H3,(H,15,16)(H,17,21)(H,19,20). The number of imidazole rings is 1. The van der Waals surface area contributed by atoms with Gasteiger partial charge in [0.1, 0.15) is 5.82 Å². The molecule has 1 fully saturated rings. The second-order valence-electron chi connectivity index (χ2n) is 5.81. The zero-order chi connectivity index (χ0) is 15.5. The Morgan fingerprint density at radius 3 is 2.86 bits per heavy atom. The molecule has 0 aliphatic carbocycles. The number of urea groups is 1. The maximum Gasteiger partial charge on any atom is 0.317 e. The summed E-state index contributed by atoms with van der Waals surface area (Å²) < 4.78 is 0. The highest BCUT2D eigenvalue weighted by Crippen LogP contribution is 2.38. The number of carbonyl (C=O) groups excluding carboxylic acids is 1. The van der Waals surface area contributed by atoms with Crippen molar-refractivity contribution in [3.8, 4) is 0 Å². The predicted molar refractivity (Wildman–Crippen MR) is 76.8 cm³/mol. The van der Waals surface area contributed by atoms with Gasteiger partial charge in [0.15, 0.2) is 0 Å². The van der Waals surface area contributed by atoms with E-state index < -0.39 is 11.4 Å². The van der Waals surface area contributed by atoms with Crippen molar-refractivity contribution in [1.29, 1.82) is 0 Å². The number of carboxylic acid groups (broad SMARTS) is 1. The van der Waals surface area contributed by atoms with Gasteiger partial charge < -0.3 is 20.3 Å². The Labute approximate surface area is 123 Å². The van der Waals surface area contributed by atoms with E-state index in [1.54, 1.807) is 17.3 Å². The van der Waals surface area contributed by atoms with E-state index in [1.807, 2.05) is 13.8 Å². The number of nitrogens with one attached hydrogen (secondary N) is 2. The van der Waals surface area contributed by atoms with E-state index in [0.29, 0.717) is 25.9 Å². The van der Waals surface area contributed by atoms with Crippen LogP contribution in [0.3, 0.4) is 0 Å². The highest BCUT2D eigenvalue weighted by atomic mass is 16.4. The highest BCUT2D eigenvalue weighted by Gasteiger charge is 2.48. The molecule has 3 N–H and O–H groups in total. The van der Waals surface area contributed by atoms with Crippen LogP contribution in [0, 0.1) is 11.3 Å². The van der Waals surface area contributed by atoms with Gasteiger partial charge in [0, 0.05) is 38.4 Å². The Balaban J connectivity index is 1.85. The Morgan fingerprint density at radius 1 is 1.57 bits per heavy atom. The third-order valence-corrected chi connectivity index (χ3v) is 4.31. The molecule has 0 spiro atoms. The number of carbonyl (C=O) groups is 2. The van der Waals surface area contributed by atoms with Crippen molar-refractivity contribution in [2.24, 2.45) is 11.3 Å². The molecule has 2 amide bonds. The average molecular weight is 294 g/mol. The number of hydrogen-bond donors (Lipinski definition) is 3. The predicted octanol–water partition coefficient (Wildman–Crippen LogP) is 1.09. The summed E-state index contributed by atoms with van der Waals surface area (Å²) in [6.07, 6.45) is 4.54. The smallest absolute Gasteiger partial charge is 0.317 e. The second kappa shape index (κ2) is 6.15. The van der Waals surface area contributed by atoms with Crippen LogP contribution in [-0.4, -0.2) is 51.6 Å². The van der Waals surface area contributed by atoms with Crippen LogP contribution in [0.2, 0.25) is 0 Å². The quantitative estimate of drug-likeness (QED) is 0.757. The summed E-state index contributed by atoms with van der Waals surface area (Å²) in [5.74, 6) is -0.00177. The fourth-order valence-corrected chi connectivity index (χ4v) is 2.73. The Morgan fingerprint density at radius 2 is 2.33 bits per heavy atom. The van der Waals surface area contributed by atoms with E-state index in [1.165, 1.54) is 0 Å². The summed E-state index contributed by atoms with van der Waals surface area (Å²) in [6.45, 7) is 5.02. The lowest BCUT2D eigenvalue weighted by Crippen LogP contribution is -2.44. The van der Waals surface area contributed by atoms with Crippen molar-refractivity contribution in [3.05, 3.63) is 18.2 Å². The van der Waals surface area contributed by atoms with E-state index in [-0.39, 0.29) is 18.5 Å². The van der Waals surface area contributed by atoms with Crippen molar-refractivity contribution >= 4 is 12.0 Å². The molecule has 1 atom stereocenters. The van der Waals surface area contributed by atoms with E-state index in [9.17, 15) is 14.7 Å². The number of likely N-dealkylation sites (tertiary alicyclic amines) is 1. The average Bonchev–Trinajstić information content (AvgIpc) is 3.08. The number of H-pyrrole nitrogens is 1. The minimum Gasteiger partial charge on any atom is -0.481 e. The van der Waals surface area contributed by atoms with E-state index in [2.05, 4.69) is 15.3 Å². The molecule has 2 heterocycles. The number of rotatable bonds is 5. The Kier molecular flexibility index (Phi) is 4.50. The van der Waals surface area contributed by atoms with Gasteiger partial charge in [0.25, 0.3) is 0 Å². The normalized spacial score (nSPS) is 21.8. The fourth-order valence-electron chi connectivity index (χ4n) is 2.73. The number of aromatic nitrogens is 2. The number of amides is 2. The van der Waals surface area contributed by atoms with Crippen molar-refractivity contribution in [2.75, 3.05) is 19.6 Å². The van der Waals surface area contributed by atoms with E-state index >= 15 is 0 Å². The first-order valence-corrected chi connectivity index (χ1v) is 7.20. The lowest BCUT2D eigenvalue weighted by atomic mass is 9.76. The molecule has 1 saturated heterocycles. The molecule has 0 radical (unpaired) electrons. The monoisotopic (exact) mass is 294 g/mol. The Hall–Kier alpha value is -2.05. The first kappa shape index (κ1) is 15.3. The van der Waals surface area contributed by atoms with Gasteiger partial charge in [0.05, 0.1) is 5.41 Å². The van der Waals surface area contributed by atoms with Gasteiger partial charge in [-0.1, -0.05) is 13.8 Å². The van der Waals surface area contributed by atoms with Crippen LogP contribution in [-0.2, 0) is 11.2 Å². The molecule has 0 saturated carbocycles. The summed E-state index contributed by atoms with van der Waals surface area (Å²) in [7, 11) is 0. The molecule has 116 valence electrons. The van der Waals surface area contributed by atoms with Crippen molar-refractivity contribution < 1.29 is 14.7 Å². The first-order chi connectivity index (χ1) is 9.95. The van der Waals surface area contributed by atoms with Crippen molar-refractivity contribution in [2.45, 2.75) is 26.7 Å². The minimum absolute atomic E-state index is 0.00378. The number of nitrogens with zero attached hydrogens (tertiary/aromatic N) is 2. The lowest BCUT2D eigenvalue weighted by Gasteiger charge is -2.28. The van der Waals surface area contributed by atoms with E-state index in [0.717, 1.165) is 5.82 Å². The largest absolute Gasteiger partial charge is 0.481 e. The van der Waals surface area contributed by atoms with Crippen molar-refractivity contribution in [3.63, 3.8) is 0 Å². The molecular weight excluding hydrogens is 272 g/mol. The minimum atomic E-state index is -0.821. The molecule has 7 heteroatoms. The first-order valence-electron chi connectivity index (χ1n) is 7.20. The van der Waals surface area contributed by atoms with Crippen LogP contribution in [0.5, 0.6) is 0 Å². The topological polar surface area (TPSA) is 98.3 Å². The summed E-state index contributed by atoms with van der Waals surface area (Å²) in [5.41, 5.74) is -0.821. The van der Waals surface area contributed by atoms with Gasteiger partial charge in [-0.25, -0.2) is 9.78 Å². The van der Waals surface area contributed by atoms with Crippen LogP contribution in [0.15, 0.2) is 12.4 Å². The van der Waals surface area contributed by atoms with Crippen LogP contribution in [0.4, 0.5) is 4.79 Å². The van der Waals surface area contributed by atoms with Gasteiger partial charge >= 0.3 is 12.0 Å². The van der Waals surface area contributed by atoms with Gasteiger partial charge in [-0.3, -0.25) is 4.79 Å². The molecule has 7 nitrogen and oxygen atoms in total. The van der Waals surface area contributed by atoms with Gasteiger partial charge in [-0.2, -0.15) is 0 Å². The van der Waals surface area contributed by atoms with Gasteiger partial charge in [-0.15, -0.1) is 0 Å². The molecule has 21 heavy (non-hydrogen) atoms. The van der Waals surface area contributed by atoms with Gasteiger partial charge in [0.2, 0.25) is 0 Å². The number of carboxylic acids is 1. The highest BCUT2D eigenvalue weighted by molar-refractivity contribution is 5.80. The SMILES string of the molecule is CC(C)C1(C(=O)O)CCN(C(=O)NCCc2ncc[nH]2)C1. The molecule has 1 aromatic heterocycles. The molecule has 2 rings (SSSR count). The zero-order valence-corrected chi connectivity index (χ0v) is 12.4. The van der Waals surface area contributed by atoms with Crippen LogP contribution in [0.25, 0.3) is 0 Å². The van der Waals surface area contributed by atoms with Crippen LogP contribution in [0.1, 0.15) is 26.1 Å². The lowest BCUT2D eigenvalue weighted by molar-refractivity contribution is -0.150. The molecule has 1 aliphatic rings. The summed E-state index contributed by atoms with van der Waals surface area (Å²) >= 11 is 0. The molecule has 1 unspecified atom stereocenters. The van der Waals surface area contributed by atoms with Gasteiger partial charge in [-0.05, 0) is 12.3 Å². The summed E-state index contributed by atoms with van der Waals surface area (Å²) in [4.78, 5) is 32.3. The summed E-state index contributed by atoms with van der Waals surface area (Å²) in [5, 5.41) is 12.3. The maximum atomic E-state index is 12.1. The third-order valence-electron chi connectivity index (χ3n) is 4.31. The van der Waals surface area contributed by atoms with Crippen LogP contribution >= 0.6 is 0 Å². The number of aliphatic carboxylic acids is 1. The molecule has 0 bridgehead atoms. The zero-order valence-electron chi connectivity index (χ0n) is 12.4. The maximum absolute atomic E-state index is 12.1. The number of aromatic amines is 1. The number of hydrogen-bond acceptors (Lipinski definition) is 3. The molecule has 1 aliphatic heterocycles. The molecular formula is C14H22N4O3. The van der Waals surface area contributed by atoms with Crippen molar-refractivity contribution in [1.82, 2.24) is 20.2 Å². The van der Waals surface area contributed by atoms with Crippen LogP contribution < -0.4 is 5.32 Å². The molecule has 0 aromatic carbocycles.